The van der Waals surface area contributed by atoms with Crippen molar-refractivity contribution in [3.8, 4) is 0 Å². The van der Waals surface area contributed by atoms with E-state index in [4.69, 9.17) is 23.7 Å². The van der Waals surface area contributed by atoms with Crippen LogP contribution >= 0.6 is 0 Å². The molecule has 3 aliphatic heterocycles. The molecule has 1 saturated carbocycles. The molecule has 10 atom stereocenters. The van der Waals surface area contributed by atoms with Crippen LogP contribution in [0.2, 0.25) is 0 Å². The normalized spacial score (nSPS) is 49.8. The molecule has 5 rings (SSSR count). The monoisotopic (exact) mass is 492 g/mol. The Hall–Kier alpha value is -1.97. The highest BCUT2D eigenvalue weighted by atomic mass is 16.7. The zero-order chi connectivity index (χ0) is 25.6. The fourth-order valence-corrected chi connectivity index (χ4v) is 7.22. The number of aliphatic hydroxyl groups excluding tert-OH is 1. The average Bonchev–Trinajstić information content (AvgIpc) is 3.60. The van der Waals surface area contributed by atoms with E-state index in [1.54, 1.807) is 6.92 Å². The molecule has 0 aromatic carbocycles. The second-order valence-electron chi connectivity index (χ2n) is 11.4. The Labute approximate surface area is 205 Å². The summed E-state index contributed by atoms with van der Waals surface area (Å²) in [4.78, 5) is 37.7. The van der Waals surface area contributed by atoms with Gasteiger partial charge in [-0.15, -0.1) is 0 Å². The van der Waals surface area contributed by atoms with E-state index in [9.17, 15) is 19.5 Å². The molecule has 1 spiro atoms. The summed E-state index contributed by atoms with van der Waals surface area (Å²) in [7, 11) is 0. The van der Waals surface area contributed by atoms with Crippen LogP contribution in [0.5, 0.6) is 0 Å². The Kier molecular flexibility index (Phi) is 5.48. The zero-order valence-electron chi connectivity index (χ0n) is 21.3. The van der Waals surface area contributed by atoms with Gasteiger partial charge in [0.15, 0.2) is 17.3 Å². The minimum atomic E-state index is -1.30. The van der Waals surface area contributed by atoms with Crippen LogP contribution in [0.1, 0.15) is 73.6 Å². The maximum Gasteiger partial charge on any atom is 0.342 e. The maximum absolute atomic E-state index is 12.8. The lowest BCUT2D eigenvalue weighted by Crippen LogP contribution is -2.65. The molecule has 1 N–H and O–H groups in total. The van der Waals surface area contributed by atoms with Gasteiger partial charge in [0, 0.05) is 31.1 Å². The highest BCUT2D eigenvalue weighted by Crippen LogP contribution is 2.68. The van der Waals surface area contributed by atoms with Crippen LogP contribution in [-0.2, 0) is 38.1 Å². The van der Waals surface area contributed by atoms with E-state index in [1.807, 2.05) is 33.8 Å². The summed E-state index contributed by atoms with van der Waals surface area (Å²) in [5, 5.41) is 12.2. The van der Waals surface area contributed by atoms with Gasteiger partial charge < -0.3 is 28.8 Å². The van der Waals surface area contributed by atoms with E-state index in [-0.39, 0.29) is 18.5 Å². The number of allylic oxidation sites excluding steroid dienone is 1. The standard InChI is InChI=1S/C26H36O9/c1-7-8-19(28)32-15-10-9-13(2)11-18-26(25(6,35-26)22(30)33-18)21(29)20-23(15,4)16(31-14(3)27)12-17-24(20,5)34-17/h11,15-18,20-21,29H,7-10,12H2,1-6H3. The minimum Gasteiger partial charge on any atom is -0.462 e. The summed E-state index contributed by atoms with van der Waals surface area (Å²) in [6.45, 7) is 10.7. The molecular formula is C26H36O9. The smallest absolute Gasteiger partial charge is 0.342 e. The third-order valence-corrected chi connectivity index (χ3v) is 9.23. The van der Waals surface area contributed by atoms with Crippen molar-refractivity contribution in [1.29, 1.82) is 0 Å². The summed E-state index contributed by atoms with van der Waals surface area (Å²) in [6, 6.07) is 0. The lowest BCUT2D eigenvalue weighted by molar-refractivity contribution is -0.206. The predicted octanol–water partition coefficient (Wildman–Crippen LogP) is 2.37. The van der Waals surface area contributed by atoms with Crippen molar-refractivity contribution in [1.82, 2.24) is 0 Å². The number of carbonyl (C=O) groups is 3. The van der Waals surface area contributed by atoms with Gasteiger partial charge in [0.2, 0.25) is 0 Å². The molecule has 35 heavy (non-hydrogen) atoms. The van der Waals surface area contributed by atoms with Gasteiger partial charge in [-0.25, -0.2) is 4.79 Å². The first-order valence-electron chi connectivity index (χ1n) is 12.7. The number of hydrogen-bond acceptors (Lipinski definition) is 9. The third-order valence-electron chi connectivity index (χ3n) is 9.23. The second-order valence-corrected chi connectivity index (χ2v) is 11.4. The molecule has 2 aliphatic carbocycles. The van der Waals surface area contributed by atoms with Crippen LogP contribution in [0, 0.1) is 11.3 Å². The van der Waals surface area contributed by atoms with E-state index < -0.39 is 64.5 Å². The lowest BCUT2D eigenvalue weighted by atomic mass is 9.54. The van der Waals surface area contributed by atoms with Crippen LogP contribution in [-0.4, -0.2) is 70.3 Å². The molecule has 5 aliphatic rings. The number of esters is 3. The maximum atomic E-state index is 12.8. The highest BCUT2D eigenvalue weighted by Gasteiger charge is 2.88. The van der Waals surface area contributed by atoms with Crippen LogP contribution in [0.3, 0.4) is 0 Å². The Morgan fingerprint density at radius 2 is 1.91 bits per heavy atom. The van der Waals surface area contributed by atoms with Crippen molar-refractivity contribution in [2.24, 2.45) is 11.3 Å². The molecule has 4 fully saturated rings. The van der Waals surface area contributed by atoms with Gasteiger partial charge in [-0.2, -0.15) is 0 Å². The molecule has 9 nitrogen and oxygen atoms in total. The van der Waals surface area contributed by atoms with Crippen LogP contribution in [0.4, 0.5) is 0 Å². The number of fused-ring (bicyclic) bond motifs is 3. The van der Waals surface area contributed by atoms with Gasteiger partial charge in [-0.3, -0.25) is 9.59 Å². The van der Waals surface area contributed by atoms with Gasteiger partial charge in [0.25, 0.3) is 0 Å². The lowest BCUT2D eigenvalue weighted by Gasteiger charge is -2.53. The van der Waals surface area contributed by atoms with E-state index in [2.05, 4.69) is 0 Å². The second kappa shape index (κ2) is 7.76. The predicted molar refractivity (Wildman–Crippen MR) is 121 cm³/mol. The zero-order valence-corrected chi connectivity index (χ0v) is 21.3. The number of aliphatic hydroxyl groups is 1. The third kappa shape index (κ3) is 3.27. The van der Waals surface area contributed by atoms with Crippen molar-refractivity contribution in [2.75, 3.05) is 0 Å². The topological polar surface area (TPSA) is 124 Å². The van der Waals surface area contributed by atoms with Gasteiger partial charge in [-0.05, 0) is 46.1 Å². The molecule has 0 aromatic rings. The molecule has 0 aromatic heterocycles. The van der Waals surface area contributed by atoms with Crippen LogP contribution in [0.25, 0.3) is 0 Å². The summed E-state index contributed by atoms with van der Waals surface area (Å²) in [5.41, 5.74) is -3.44. The molecule has 3 heterocycles. The Balaban J connectivity index is 1.67. The van der Waals surface area contributed by atoms with Crippen molar-refractivity contribution < 1.29 is 43.2 Å². The van der Waals surface area contributed by atoms with Gasteiger partial charge in [0.05, 0.1) is 17.8 Å². The number of carbonyl (C=O) groups excluding carboxylic acids is 3. The molecule has 9 heteroatoms. The first kappa shape index (κ1) is 24.7. The minimum absolute atomic E-state index is 0.246. The fourth-order valence-electron chi connectivity index (χ4n) is 7.22. The van der Waals surface area contributed by atoms with Gasteiger partial charge in [0.1, 0.15) is 12.2 Å². The molecule has 0 amide bonds. The SMILES string of the molecule is CCCC(=O)OC1CCC(C)=CC2OC(=O)C3(C)OC23C(O)C2C3(C)OC3CC(OC(C)=O)C12C. The summed E-state index contributed by atoms with van der Waals surface area (Å²) >= 11 is 0. The largest absolute Gasteiger partial charge is 0.462 e. The molecule has 10 unspecified atom stereocenters. The number of epoxide rings is 2. The van der Waals surface area contributed by atoms with E-state index in [1.165, 1.54) is 6.92 Å². The first-order valence-corrected chi connectivity index (χ1v) is 12.7. The van der Waals surface area contributed by atoms with Crippen molar-refractivity contribution in [3.05, 3.63) is 11.6 Å². The van der Waals surface area contributed by atoms with Crippen molar-refractivity contribution >= 4 is 17.9 Å². The molecule has 3 saturated heterocycles. The number of rotatable bonds is 4. The van der Waals surface area contributed by atoms with Gasteiger partial charge >= 0.3 is 17.9 Å². The molecule has 0 radical (unpaired) electrons. The van der Waals surface area contributed by atoms with Crippen molar-refractivity contribution in [3.63, 3.8) is 0 Å². The fraction of sp³-hybridized carbons (Fsp3) is 0.808. The quantitative estimate of drug-likeness (QED) is 0.272. The van der Waals surface area contributed by atoms with E-state index in [0.29, 0.717) is 25.7 Å². The molecular weight excluding hydrogens is 456 g/mol. The number of hydrogen-bond donors (Lipinski definition) is 1. The van der Waals surface area contributed by atoms with E-state index >= 15 is 0 Å². The summed E-state index contributed by atoms with van der Waals surface area (Å²) < 4.78 is 29.9. The molecule has 194 valence electrons. The average molecular weight is 493 g/mol. The highest BCUT2D eigenvalue weighted by molar-refractivity contribution is 5.89. The Morgan fingerprint density at radius 1 is 1.20 bits per heavy atom. The molecule has 0 bridgehead atoms. The van der Waals surface area contributed by atoms with E-state index in [0.717, 1.165) is 5.57 Å². The van der Waals surface area contributed by atoms with Crippen LogP contribution in [0.15, 0.2) is 11.6 Å². The Morgan fingerprint density at radius 3 is 2.54 bits per heavy atom. The number of ether oxygens (including phenoxy) is 5. The van der Waals surface area contributed by atoms with Crippen molar-refractivity contribution in [2.45, 2.75) is 121 Å². The summed E-state index contributed by atoms with van der Waals surface area (Å²) in [5.74, 6) is -1.96. The van der Waals surface area contributed by atoms with Crippen LogP contribution < -0.4 is 0 Å². The van der Waals surface area contributed by atoms with Gasteiger partial charge in [-0.1, -0.05) is 19.4 Å². The first-order chi connectivity index (χ1) is 16.3. The summed E-state index contributed by atoms with van der Waals surface area (Å²) in [6.07, 6.45) is 0.657. The Bertz CT molecular complexity index is 991.